The average Bonchev–Trinajstić information content (AvgIpc) is 1.52. The highest BCUT2D eigenvalue weighted by Gasteiger charge is 2.40. The summed E-state index contributed by atoms with van der Waals surface area (Å²) < 4.78 is 268. The van der Waals surface area contributed by atoms with E-state index >= 15 is 52.7 Å². The van der Waals surface area contributed by atoms with Crippen LogP contribution < -0.4 is 34.7 Å². The summed E-state index contributed by atoms with van der Waals surface area (Å²) in [6, 6.07) is 32.9. The third-order valence-corrected chi connectivity index (χ3v) is 19.5. The van der Waals surface area contributed by atoms with Crippen LogP contribution in [-0.4, -0.2) is 107 Å². The molecule has 0 radical (unpaired) electrons. The van der Waals surface area contributed by atoms with E-state index in [0.717, 1.165) is 95.9 Å². The van der Waals surface area contributed by atoms with Crippen molar-refractivity contribution in [2.75, 3.05) is 88.8 Å². The lowest BCUT2D eigenvalue weighted by atomic mass is 9.90. The summed E-state index contributed by atoms with van der Waals surface area (Å²) in [4.78, 5) is 20.3. The Morgan fingerprint density at radius 3 is 1.23 bits per heavy atom. The Kier molecular flexibility index (Phi) is 23.5. The SMILES string of the molecule is CCN(CC)c1ccc2c(c1)Oc1cc(N(CC)CC)ccc1C2=c1ccccc1=C(O)OCCOCCOCCOCCOc1ccc(C#Cc2ccc(C3=C4C=CC(=[NH+]4)C(c4c(F)c(F)c(F)c(F)c4F)=C4C=CC(=N4)C(c4c(F)c(F)c(F)c(F)c4F)=C4C=CC(=N4)C(c4c(F)c(F)c(F)c(F)c4F)=C4C=CC3=N4)cc2)cc1. The van der Waals surface area contributed by atoms with Crippen molar-refractivity contribution in [1.82, 2.24) is 0 Å². The molecule has 0 amide bonds. The van der Waals surface area contributed by atoms with Gasteiger partial charge < -0.3 is 43.3 Å². The van der Waals surface area contributed by atoms with Gasteiger partial charge >= 0.3 is 0 Å². The van der Waals surface area contributed by atoms with E-state index in [0.29, 0.717) is 33.6 Å². The maximum absolute atomic E-state index is 16.2. The average molecular weight is 1600 g/mol. The van der Waals surface area contributed by atoms with Crippen molar-refractivity contribution < 1.29 is 104 Å². The fourth-order valence-corrected chi connectivity index (χ4v) is 13.8. The van der Waals surface area contributed by atoms with Gasteiger partial charge in [0.2, 0.25) is 28.9 Å². The predicted molar refractivity (Wildman–Crippen MR) is 407 cm³/mol. The largest absolute Gasteiger partial charge is 0.491 e. The van der Waals surface area contributed by atoms with E-state index in [1.165, 1.54) is 24.3 Å². The topological polar surface area (TPSA) is 133 Å². The molecule has 0 aromatic heterocycles. The maximum Gasteiger partial charge on any atom is 0.284 e. The molecule has 0 saturated carbocycles. The molecule has 8 bridgehead atoms. The molecule has 13 nitrogen and oxygen atoms in total. The van der Waals surface area contributed by atoms with Crippen molar-refractivity contribution in [3.63, 3.8) is 0 Å². The van der Waals surface area contributed by atoms with E-state index < -0.39 is 155 Å². The monoisotopic (exact) mass is 1600 g/mol. The van der Waals surface area contributed by atoms with Gasteiger partial charge in [0.25, 0.3) is 5.95 Å². The minimum Gasteiger partial charge on any atom is -0.491 e. The number of halogens is 15. The van der Waals surface area contributed by atoms with E-state index in [9.17, 15) is 18.3 Å². The summed E-state index contributed by atoms with van der Waals surface area (Å²) in [7, 11) is 0. The molecule has 0 atom stereocenters. The first-order chi connectivity index (χ1) is 56.0. The molecule has 8 aromatic rings. The van der Waals surface area contributed by atoms with Crippen molar-refractivity contribution in [2.45, 2.75) is 27.7 Å². The molecule has 6 aliphatic heterocycles. The zero-order valence-corrected chi connectivity index (χ0v) is 61.8. The molecule has 0 unspecified atom stereocenters. The first kappa shape index (κ1) is 79.9. The van der Waals surface area contributed by atoms with Crippen LogP contribution in [0.2, 0.25) is 0 Å². The first-order valence-corrected chi connectivity index (χ1v) is 36.4. The lowest BCUT2D eigenvalue weighted by Gasteiger charge is -2.28. The molecule has 6 aliphatic rings. The van der Waals surface area contributed by atoms with Gasteiger partial charge in [0.15, 0.2) is 69.8 Å². The second-order valence-corrected chi connectivity index (χ2v) is 26.2. The lowest BCUT2D eigenvalue weighted by Crippen LogP contribution is -2.68. The number of aliphatic imine (C=N–C) groups is 3. The van der Waals surface area contributed by atoms with E-state index in [1.54, 1.807) is 36.4 Å². The Bertz CT molecular complexity index is 5780. The number of hydrogen-bond acceptors (Lipinski definition) is 12. The van der Waals surface area contributed by atoms with Crippen LogP contribution in [0.5, 0.6) is 17.2 Å². The summed E-state index contributed by atoms with van der Waals surface area (Å²) in [5.41, 5.74) is -7.00. The smallest absolute Gasteiger partial charge is 0.284 e. The summed E-state index contributed by atoms with van der Waals surface area (Å²) in [6.07, 6.45) is 7.71. The first-order valence-electron chi connectivity index (χ1n) is 36.4. The van der Waals surface area contributed by atoms with E-state index in [2.05, 4.69) is 106 Å². The predicted octanol–water partition coefficient (Wildman–Crippen LogP) is 16.1. The highest BCUT2D eigenvalue weighted by Crippen LogP contribution is 2.47. The number of ether oxygens (including phenoxy) is 6. The van der Waals surface area contributed by atoms with Crippen molar-refractivity contribution >= 4 is 68.0 Å². The van der Waals surface area contributed by atoms with Gasteiger partial charge in [-0.3, -0.25) is 0 Å². The fourth-order valence-electron chi connectivity index (χ4n) is 13.8. The molecule has 6 heterocycles. The Labute approximate surface area is 653 Å². The van der Waals surface area contributed by atoms with Crippen LogP contribution in [-0.2, 0) is 18.9 Å². The van der Waals surface area contributed by atoms with Gasteiger partial charge in [-0.2, -0.15) is 0 Å². The summed E-state index contributed by atoms with van der Waals surface area (Å²) in [5.74, 6) is -29.5. The van der Waals surface area contributed by atoms with Crippen LogP contribution in [0.1, 0.15) is 72.2 Å². The highest BCUT2D eigenvalue weighted by atomic mass is 19.2. The van der Waals surface area contributed by atoms with Gasteiger partial charge in [0.1, 0.15) is 30.5 Å². The van der Waals surface area contributed by atoms with Gasteiger partial charge in [0.05, 0.1) is 107 Å². The number of fused-ring (bicyclic) bond motifs is 6. The number of allylic oxidation sites excluding steroid dienone is 12. The molecule has 2 N–H and O–H groups in total. The number of rotatable bonds is 24. The Morgan fingerprint density at radius 2 is 0.784 bits per heavy atom. The molecule has 116 heavy (non-hydrogen) atoms. The van der Waals surface area contributed by atoms with Gasteiger partial charge in [-0.1, -0.05) is 42.2 Å². The molecule has 14 rings (SSSR count). The van der Waals surface area contributed by atoms with Gasteiger partial charge in [-0.25, -0.2) is 85.8 Å². The minimum absolute atomic E-state index is 0.0121. The molecule has 28 heteroatoms. The number of aliphatic hydroxyl groups excluding tert-OH is 1. The Hall–Kier alpha value is -12.7. The molecular formula is C88H64F15N6O7+. The number of anilines is 2. The molecule has 0 fully saturated rings. The van der Waals surface area contributed by atoms with Crippen molar-refractivity contribution in [2.24, 2.45) is 15.0 Å². The van der Waals surface area contributed by atoms with Gasteiger partial charge in [-0.05, 0) is 142 Å². The van der Waals surface area contributed by atoms with E-state index in [4.69, 9.17) is 28.4 Å². The minimum atomic E-state index is -2.64. The molecule has 0 spiro atoms. The van der Waals surface area contributed by atoms with Crippen molar-refractivity contribution in [3.05, 3.63) is 323 Å². The van der Waals surface area contributed by atoms with E-state index in [-0.39, 0.29) is 81.3 Å². The Morgan fingerprint density at radius 1 is 0.397 bits per heavy atom. The molecule has 592 valence electrons. The second-order valence-electron chi connectivity index (χ2n) is 26.2. The standard InChI is InChI=1S/C88H63F15N6O7/c1-5-108(6-2)48-21-25-53-63(43-48)116-64-44-49(109(7-3)8-4)22-26-54(64)66(53)51-11-9-10-12-52(51)88(110)115-42-40-113-38-36-111-35-37-112-39-41-114-50-23-17-46(18-24-50)14-13-45-15-19-47(20-16-45)65-55-27-29-57(104-55)67(70-73(89)79(95)85(101)80(96)74(70)90)59-31-33-61(106-59)69(72-77(93)83(99)87(103)84(100)78(72)94)62-34-32-60(107-62)68(58-30-28-56(65)105-58)71-75(91)81(97)86(102)82(98)76(71)92/h9-12,15-34,43-44,110H,5-8,35-42H2,1-4H3/p+1. The summed E-state index contributed by atoms with van der Waals surface area (Å²) in [5, 5.41) is 12.7. The maximum atomic E-state index is 16.2. The van der Waals surface area contributed by atoms with Crippen molar-refractivity contribution in [3.8, 4) is 29.1 Å². The van der Waals surface area contributed by atoms with Crippen LogP contribution in [0.3, 0.4) is 0 Å². The number of hydrogen-bond donors (Lipinski definition) is 2. The number of aliphatic hydroxyl groups is 1. The Balaban J connectivity index is 0.643. The van der Waals surface area contributed by atoms with Crippen LogP contribution in [0, 0.1) is 99.1 Å². The zero-order chi connectivity index (χ0) is 81.9. The van der Waals surface area contributed by atoms with Crippen LogP contribution in [0.4, 0.5) is 77.2 Å². The van der Waals surface area contributed by atoms with Crippen molar-refractivity contribution in [1.29, 1.82) is 0 Å². The lowest BCUT2D eigenvalue weighted by molar-refractivity contribution is -0.383. The summed E-state index contributed by atoms with van der Waals surface area (Å²) >= 11 is 0. The second kappa shape index (κ2) is 34.2. The molecular weight excluding hydrogens is 1540 g/mol. The van der Waals surface area contributed by atoms with Gasteiger partial charge in [-0.15, -0.1) is 0 Å². The normalized spacial score (nSPS) is 14.8. The van der Waals surface area contributed by atoms with Crippen LogP contribution >= 0.6 is 0 Å². The zero-order valence-electron chi connectivity index (χ0n) is 61.8. The molecule has 0 aliphatic carbocycles. The third-order valence-electron chi connectivity index (χ3n) is 19.5. The number of nitrogens with zero attached hydrogens (tertiary/aromatic N) is 5. The van der Waals surface area contributed by atoms with E-state index in [1.807, 2.05) is 24.3 Å². The number of benzene rings is 8. The molecule has 0 saturated heterocycles. The van der Waals surface area contributed by atoms with Gasteiger partial charge in [0, 0.05) is 101 Å². The summed E-state index contributed by atoms with van der Waals surface area (Å²) in [6.45, 7) is 13.5. The number of nitrogens with one attached hydrogen (secondary N) is 1. The van der Waals surface area contributed by atoms with Crippen LogP contribution in [0.25, 0.3) is 33.8 Å². The molecule has 8 aromatic carbocycles. The highest BCUT2D eigenvalue weighted by molar-refractivity contribution is 6.39. The fraction of sp³-hybridized carbons (Fsp3) is 0.182. The van der Waals surface area contributed by atoms with Crippen LogP contribution in [0.15, 0.2) is 196 Å². The quantitative estimate of drug-likeness (QED) is 0.0199. The third kappa shape index (κ3) is 15.4.